The molecule has 5 heteroatoms. The van der Waals surface area contributed by atoms with E-state index in [0.717, 1.165) is 28.4 Å². The SMILES string of the molecule is CCCNC(Cc1cc(Br)cs1)c1ccc(F)cc1F. The van der Waals surface area contributed by atoms with Crippen LogP contribution in [0, 0.1) is 11.6 Å². The Kier molecular flexibility index (Phi) is 5.69. The van der Waals surface area contributed by atoms with Crippen molar-refractivity contribution < 1.29 is 8.78 Å². The molecule has 1 nitrogen and oxygen atoms in total. The van der Waals surface area contributed by atoms with Crippen molar-refractivity contribution in [2.24, 2.45) is 0 Å². The molecule has 0 fully saturated rings. The van der Waals surface area contributed by atoms with Gasteiger partial charge in [-0.3, -0.25) is 0 Å². The maximum atomic E-state index is 13.9. The van der Waals surface area contributed by atoms with Crippen LogP contribution in [0.1, 0.15) is 29.8 Å². The van der Waals surface area contributed by atoms with Crippen molar-refractivity contribution in [1.82, 2.24) is 5.32 Å². The summed E-state index contributed by atoms with van der Waals surface area (Å²) in [5.41, 5.74) is 0.518. The minimum atomic E-state index is -0.542. The second-order valence-electron chi connectivity index (χ2n) is 4.61. The lowest BCUT2D eigenvalue weighted by Crippen LogP contribution is -2.24. The fraction of sp³-hybridized carbons (Fsp3) is 0.333. The number of thiophene rings is 1. The molecule has 0 bridgehead atoms. The van der Waals surface area contributed by atoms with E-state index in [4.69, 9.17) is 0 Å². The van der Waals surface area contributed by atoms with Gasteiger partial charge >= 0.3 is 0 Å². The Morgan fingerprint density at radius 3 is 2.70 bits per heavy atom. The Morgan fingerprint density at radius 1 is 1.30 bits per heavy atom. The van der Waals surface area contributed by atoms with E-state index in [2.05, 4.69) is 28.2 Å². The van der Waals surface area contributed by atoms with Gasteiger partial charge < -0.3 is 5.32 Å². The van der Waals surface area contributed by atoms with Gasteiger partial charge in [-0.2, -0.15) is 0 Å². The average Bonchev–Trinajstić information content (AvgIpc) is 2.80. The first-order valence-corrected chi connectivity index (χ1v) is 8.18. The molecule has 20 heavy (non-hydrogen) atoms. The predicted octanol–water partition coefficient (Wildman–Crippen LogP) is 5.07. The number of rotatable bonds is 6. The number of nitrogens with one attached hydrogen (secondary N) is 1. The number of hydrogen-bond acceptors (Lipinski definition) is 2. The second kappa shape index (κ2) is 7.29. The van der Waals surface area contributed by atoms with E-state index in [0.29, 0.717) is 12.0 Å². The zero-order valence-electron chi connectivity index (χ0n) is 11.1. The lowest BCUT2D eigenvalue weighted by molar-refractivity contribution is 0.493. The van der Waals surface area contributed by atoms with E-state index in [9.17, 15) is 8.78 Å². The summed E-state index contributed by atoms with van der Waals surface area (Å²) in [5, 5.41) is 5.34. The van der Waals surface area contributed by atoms with Crippen molar-refractivity contribution in [1.29, 1.82) is 0 Å². The fourth-order valence-electron chi connectivity index (χ4n) is 2.06. The molecule has 0 amide bonds. The number of halogens is 3. The molecule has 1 N–H and O–H groups in total. The van der Waals surface area contributed by atoms with Crippen molar-refractivity contribution >= 4 is 27.3 Å². The molecule has 1 aromatic carbocycles. The molecular formula is C15H16BrF2NS. The van der Waals surface area contributed by atoms with Gasteiger partial charge in [0.2, 0.25) is 0 Å². The molecule has 2 aromatic rings. The van der Waals surface area contributed by atoms with Crippen LogP contribution < -0.4 is 5.32 Å². The molecule has 0 saturated heterocycles. The molecule has 1 heterocycles. The predicted molar refractivity (Wildman–Crippen MR) is 83.1 cm³/mol. The van der Waals surface area contributed by atoms with E-state index in [1.807, 2.05) is 11.4 Å². The first kappa shape index (κ1) is 15.6. The van der Waals surface area contributed by atoms with Crippen LogP contribution in [-0.4, -0.2) is 6.54 Å². The van der Waals surface area contributed by atoms with Crippen LogP contribution >= 0.6 is 27.3 Å². The van der Waals surface area contributed by atoms with Gasteiger partial charge in [0, 0.05) is 38.8 Å². The summed E-state index contributed by atoms with van der Waals surface area (Å²) in [4.78, 5) is 1.16. The summed E-state index contributed by atoms with van der Waals surface area (Å²) >= 11 is 5.05. The summed E-state index contributed by atoms with van der Waals surface area (Å²) in [6, 6.07) is 5.68. The van der Waals surface area contributed by atoms with Crippen LogP contribution in [-0.2, 0) is 6.42 Å². The molecule has 1 atom stereocenters. The molecule has 0 radical (unpaired) electrons. The Balaban J connectivity index is 2.22. The molecule has 0 aliphatic carbocycles. The topological polar surface area (TPSA) is 12.0 Å². The molecular weight excluding hydrogens is 344 g/mol. The van der Waals surface area contributed by atoms with Gasteiger partial charge in [-0.15, -0.1) is 11.3 Å². The lowest BCUT2D eigenvalue weighted by Gasteiger charge is -2.19. The Labute approximate surface area is 130 Å². The van der Waals surface area contributed by atoms with Gasteiger partial charge in [-0.25, -0.2) is 8.78 Å². The minimum absolute atomic E-state index is 0.138. The zero-order chi connectivity index (χ0) is 14.5. The van der Waals surface area contributed by atoms with Crippen LogP contribution in [0.2, 0.25) is 0 Å². The first-order valence-electron chi connectivity index (χ1n) is 6.51. The standard InChI is InChI=1S/C15H16BrF2NS/c1-2-5-19-15(8-12-6-10(16)9-20-12)13-4-3-11(17)7-14(13)18/h3-4,6-7,9,15,19H,2,5,8H2,1H3. The van der Waals surface area contributed by atoms with Crippen molar-refractivity contribution in [2.45, 2.75) is 25.8 Å². The van der Waals surface area contributed by atoms with Crippen molar-refractivity contribution in [3.63, 3.8) is 0 Å². The van der Waals surface area contributed by atoms with Crippen LogP contribution in [0.4, 0.5) is 8.78 Å². The Hall–Kier alpha value is -0.780. The third kappa shape index (κ3) is 4.11. The Morgan fingerprint density at radius 2 is 2.10 bits per heavy atom. The van der Waals surface area contributed by atoms with Gasteiger partial charge in [0.05, 0.1) is 0 Å². The Bertz CT molecular complexity index is 571. The third-order valence-electron chi connectivity index (χ3n) is 3.01. The van der Waals surface area contributed by atoms with Gasteiger partial charge in [0.1, 0.15) is 11.6 Å². The summed E-state index contributed by atoms with van der Waals surface area (Å²) < 4.78 is 28.0. The van der Waals surface area contributed by atoms with E-state index >= 15 is 0 Å². The molecule has 2 rings (SSSR count). The quantitative estimate of drug-likeness (QED) is 0.758. The van der Waals surface area contributed by atoms with E-state index < -0.39 is 11.6 Å². The van der Waals surface area contributed by atoms with Crippen molar-refractivity contribution in [3.8, 4) is 0 Å². The van der Waals surface area contributed by atoms with Crippen molar-refractivity contribution in [3.05, 3.63) is 56.2 Å². The zero-order valence-corrected chi connectivity index (χ0v) is 13.5. The summed E-state index contributed by atoms with van der Waals surface area (Å²) in [6.07, 6.45) is 1.66. The summed E-state index contributed by atoms with van der Waals surface area (Å²) in [6.45, 7) is 2.86. The highest BCUT2D eigenvalue weighted by Crippen LogP contribution is 2.27. The average molecular weight is 360 g/mol. The van der Waals surface area contributed by atoms with Crippen molar-refractivity contribution in [2.75, 3.05) is 6.54 Å². The maximum absolute atomic E-state index is 13.9. The smallest absolute Gasteiger partial charge is 0.130 e. The number of benzene rings is 1. The van der Waals surface area contributed by atoms with Crippen LogP contribution in [0.25, 0.3) is 0 Å². The molecule has 1 aromatic heterocycles. The van der Waals surface area contributed by atoms with Gasteiger partial charge in [0.25, 0.3) is 0 Å². The molecule has 0 aliphatic heterocycles. The van der Waals surface area contributed by atoms with Crippen LogP contribution in [0.5, 0.6) is 0 Å². The van der Waals surface area contributed by atoms with Crippen LogP contribution in [0.15, 0.2) is 34.1 Å². The molecule has 108 valence electrons. The van der Waals surface area contributed by atoms with E-state index in [1.54, 1.807) is 11.3 Å². The normalized spacial score (nSPS) is 12.6. The summed E-state index contributed by atoms with van der Waals surface area (Å²) in [5.74, 6) is -1.03. The molecule has 0 spiro atoms. The summed E-state index contributed by atoms with van der Waals surface area (Å²) in [7, 11) is 0. The molecule has 0 saturated carbocycles. The molecule has 0 aliphatic rings. The van der Waals surface area contributed by atoms with Gasteiger partial charge in [-0.05, 0) is 41.0 Å². The molecule has 1 unspecified atom stereocenters. The largest absolute Gasteiger partial charge is 0.310 e. The fourth-order valence-corrected chi connectivity index (χ4v) is 3.55. The number of hydrogen-bond donors (Lipinski definition) is 1. The highest BCUT2D eigenvalue weighted by atomic mass is 79.9. The van der Waals surface area contributed by atoms with Gasteiger partial charge in [-0.1, -0.05) is 13.0 Å². The second-order valence-corrected chi connectivity index (χ2v) is 6.52. The highest BCUT2D eigenvalue weighted by Gasteiger charge is 2.17. The third-order valence-corrected chi connectivity index (χ3v) is 4.73. The maximum Gasteiger partial charge on any atom is 0.130 e. The monoisotopic (exact) mass is 359 g/mol. The van der Waals surface area contributed by atoms with E-state index in [1.165, 1.54) is 12.1 Å². The highest BCUT2D eigenvalue weighted by molar-refractivity contribution is 9.10. The minimum Gasteiger partial charge on any atom is -0.310 e. The first-order chi connectivity index (χ1) is 9.60. The lowest BCUT2D eigenvalue weighted by atomic mass is 10.0. The van der Waals surface area contributed by atoms with E-state index in [-0.39, 0.29) is 6.04 Å². The van der Waals surface area contributed by atoms with Gasteiger partial charge in [0.15, 0.2) is 0 Å². The van der Waals surface area contributed by atoms with Crippen LogP contribution in [0.3, 0.4) is 0 Å².